The molecule has 11 nitrogen and oxygen atoms in total. The number of ether oxygens (including phenoxy) is 2. The fourth-order valence-electron chi connectivity index (χ4n) is 4.23. The number of nitrogens with zero attached hydrogens (tertiary/aromatic N) is 4. The summed E-state index contributed by atoms with van der Waals surface area (Å²) in [5.74, 6) is -0.0386. The van der Waals surface area contributed by atoms with Gasteiger partial charge in [0.2, 0.25) is 5.88 Å². The van der Waals surface area contributed by atoms with Crippen molar-refractivity contribution in [3.05, 3.63) is 42.0 Å². The molecule has 1 aromatic carbocycles. The summed E-state index contributed by atoms with van der Waals surface area (Å²) in [6, 6.07) is 9.73. The lowest BCUT2D eigenvalue weighted by atomic mass is 10.1. The van der Waals surface area contributed by atoms with Crippen molar-refractivity contribution in [1.82, 2.24) is 14.9 Å². The number of carbonyl (C=O) groups is 1. The van der Waals surface area contributed by atoms with Crippen LogP contribution in [0.5, 0.6) is 5.88 Å². The van der Waals surface area contributed by atoms with Crippen LogP contribution in [0.15, 0.2) is 46.4 Å². The van der Waals surface area contributed by atoms with E-state index in [0.29, 0.717) is 66.0 Å². The highest BCUT2D eigenvalue weighted by atomic mass is 32.2. The summed E-state index contributed by atoms with van der Waals surface area (Å²) in [5.41, 5.74) is 1.06. The van der Waals surface area contributed by atoms with E-state index in [1.807, 2.05) is 0 Å². The van der Waals surface area contributed by atoms with Crippen molar-refractivity contribution in [3.63, 3.8) is 0 Å². The molecule has 3 aromatic rings. The minimum atomic E-state index is -3.35. The summed E-state index contributed by atoms with van der Waals surface area (Å²) < 4.78 is 36.4. The second-order valence-electron chi connectivity index (χ2n) is 9.62. The number of thiazole rings is 1. The molecule has 1 atom stereocenters. The van der Waals surface area contributed by atoms with Crippen molar-refractivity contribution < 1.29 is 27.5 Å². The number of carbonyl (C=O) groups excluding carboxylic acids is 1. The van der Waals surface area contributed by atoms with E-state index in [9.17, 15) is 13.2 Å². The summed E-state index contributed by atoms with van der Waals surface area (Å²) in [7, 11) is -3.35. The van der Waals surface area contributed by atoms with Gasteiger partial charge in [-0.2, -0.15) is 0 Å². The first-order chi connectivity index (χ1) is 19.4. The normalized spacial score (nSPS) is 17.9. The molecule has 2 aromatic heterocycles. The topological polar surface area (TPSA) is 132 Å². The van der Waals surface area contributed by atoms with Crippen LogP contribution >= 0.6 is 11.3 Å². The van der Waals surface area contributed by atoms with Gasteiger partial charge < -0.3 is 19.2 Å². The Morgan fingerprint density at radius 2 is 1.90 bits per heavy atom. The lowest BCUT2D eigenvalue weighted by molar-refractivity contribution is -0.110. The molecule has 1 saturated carbocycles. The number of benzene rings is 1. The second-order valence-corrected chi connectivity index (χ2v) is 12.8. The molecule has 13 heteroatoms. The summed E-state index contributed by atoms with van der Waals surface area (Å²) >= 11 is 1.22. The lowest BCUT2D eigenvalue weighted by Crippen LogP contribution is -2.28. The molecular weight excluding hydrogens is 554 g/mol. The summed E-state index contributed by atoms with van der Waals surface area (Å²) in [5, 5.41) is 6.97. The van der Waals surface area contributed by atoms with Crippen molar-refractivity contribution in [2.24, 2.45) is 5.16 Å². The Morgan fingerprint density at radius 3 is 2.58 bits per heavy atom. The number of likely N-dealkylation sites (N-methyl/N-ethyl adjacent to an activating group) is 1. The van der Waals surface area contributed by atoms with Crippen molar-refractivity contribution in [2.45, 2.75) is 49.4 Å². The SMILES string of the molecule is CCN(CC)CCOc1ccc2nc(NC(=O)C(=NO[C@@H]3CCOC3)c3ccc(S(=O)(=O)C4CC4)cc3)sc2n1. The zero-order chi connectivity index (χ0) is 28.1. The molecule has 0 spiro atoms. The van der Waals surface area contributed by atoms with E-state index in [1.54, 1.807) is 24.3 Å². The van der Waals surface area contributed by atoms with Gasteiger partial charge in [0.05, 0.1) is 23.4 Å². The number of fused-ring (bicyclic) bond motifs is 1. The van der Waals surface area contributed by atoms with Gasteiger partial charge in [0, 0.05) is 24.6 Å². The number of amides is 1. The molecule has 1 aliphatic heterocycles. The maximum atomic E-state index is 13.4. The Balaban J connectivity index is 1.31. The summed E-state index contributed by atoms with van der Waals surface area (Å²) in [6.45, 7) is 8.42. The number of sulfone groups is 1. The number of pyridine rings is 1. The molecule has 5 rings (SSSR count). The van der Waals surface area contributed by atoms with Gasteiger partial charge in [-0.05, 0) is 44.1 Å². The number of oxime groups is 1. The lowest BCUT2D eigenvalue weighted by Gasteiger charge is -2.17. The molecule has 1 aliphatic carbocycles. The highest BCUT2D eigenvalue weighted by molar-refractivity contribution is 7.92. The van der Waals surface area contributed by atoms with E-state index >= 15 is 0 Å². The van der Waals surface area contributed by atoms with Crippen molar-refractivity contribution >= 4 is 48.3 Å². The zero-order valence-corrected chi connectivity index (χ0v) is 24.2. The molecule has 214 valence electrons. The summed E-state index contributed by atoms with van der Waals surface area (Å²) in [4.78, 5) is 31.1. The third-order valence-electron chi connectivity index (χ3n) is 6.82. The van der Waals surface area contributed by atoms with E-state index in [0.717, 1.165) is 19.6 Å². The maximum absolute atomic E-state index is 13.4. The number of hydrogen-bond acceptors (Lipinski definition) is 11. The van der Waals surface area contributed by atoms with Crippen LogP contribution in [0.1, 0.15) is 38.7 Å². The fourth-order valence-corrected chi connectivity index (χ4v) is 6.71. The Kier molecular flexibility index (Phi) is 8.94. The smallest absolute Gasteiger partial charge is 0.280 e. The molecule has 2 fully saturated rings. The highest BCUT2D eigenvalue weighted by Gasteiger charge is 2.36. The van der Waals surface area contributed by atoms with Crippen LogP contribution in [0, 0.1) is 0 Å². The Bertz CT molecular complexity index is 1460. The molecule has 1 amide bonds. The average Bonchev–Trinajstić information content (AvgIpc) is 3.56. The van der Waals surface area contributed by atoms with Gasteiger partial charge in [0.25, 0.3) is 5.91 Å². The number of rotatable bonds is 13. The number of aromatic nitrogens is 2. The number of nitrogens with one attached hydrogen (secondary N) is 1. The second kappa shape index (κ2) is 12.6. The largest absolute Gasteiger partial charge is 0.476 e. The van der Waals surface area contributed by atoms with E-state index in [-0.39, 0.29) is 22.0 Å². The third-order valence-corrected chi connectivity index (χ3v) is 9.98. The first-order valence-electron chi connectivity index (χ1n) is 13.5. The Labute approximate surface area is 237 Å². The average molecular weight is 588 g/mol. The Morgan fingerprint density at radius 1 is 1.12 bits per heavy atom. The zero-order valence-electron chi connectivity index (χ0n) is 22.5. The van der Waals surface area contributed by atoms with Crippen molar-refractivity contribution in [1.29, 1.82) is 0 Å². The minimum absolute atomic E-state index is 0.00918. The van der Waals surface area contributed by atoms with Gasteiger partial charge in [-0.1, -0.05) is 42.5 Å². The van der Waals surface area contributed by atoms with E-state index in [1.165, 1.54) is 23.5 Å². The molecule has 0 unspecified atom stereocenters. The first-order valence-corrected chi connectivity index (χ1v) is 15.8. The standard InChI is InChI=1S/C27H33N5O6S2/c1-3-32(4-2)14-16-37-23-12-11-22-26(29-23)39-27(28-22)30-25(33)24(31-38-19-13-15-36-17-19)18-5-7-20(8-6-18)40(34,35)21-9-10-21/h5-8,11-12,19,21H,3-4,9-10,13-17H2,1-2H3,(H,28,30,33)/t19-/m1/s1. The predicted molar refractivity (Wildman–Crippen MR) is 153 cm³/mol. The fraction of sp³-hybridized carbons (Fsp3) is 0.481. The molecule has 2 aliphatic rings. The van der Waals surface area contributed by atoms with Crippen LogP contribution in [-0.2, 0) is 24.2 Å². The number of anilines is 1. The van der Waals surface area contributed by atoms with Crippen LogP contribution in [0.2, 0.25) is 0 Å². The van der Waals surface area contributed by atoms with E-state index in [4.69, 9.17) is 14.3 Å². The van der Waals surface area contributed by atoms with Gasteiger partial charge in [0.1, 0.15) is 17.0 Å². The van der Waals surface area contributed by atoms with Gasteiger partial charge in [0.15, 0.2) is 26.8 Å². The van der Waals surface area contributed by atoms with Gasteiger partial charge in [-0.3, -0.25) is 10.1 Å². The Hall–Kier alpha value is -3.13. The van der Waals surface area contributed by atoms with Gasteiger partial charge >= 0.3 is 0 Å². The quantitative estimate of drug-likeness (QED) is 0.236. The van der Waals surface area contributed by atoms with Crippen LogP contribution in [0.4, 0.5) is 5.13 Å². The van der Waals surface area contributed by atoms with Crippen LogP contribution in [0.25, 0.3) is 10.3 Å². The molecule has 1 saturated heterocycles. The maximum Gasteiger partial charge on any atom is 0.280 e. The van der Waals surface area contributed by atoms with Crippen LogP contribution in [-0.4, -0.2) is 85.7 Å². The van der Waals surface area contributed by atoms with Gasteiger partial charge in [-0.25, -0.2) is 18.4 Å². The first kappa shape index (κ1) is 28.4. The molecule has 1 N–H and O–H groups in total. The molecule has 0 bridgehead atoms. The molecule has 40 heavy (non-hydrogen) atoms. The van der Waals surface area contributed by atoms with Crippen LogP contribution in [0.3, 0.4) is 0 Å². The predicted octanol–water partition coefficient (Wildman–Crippen LogP) is 3.50. The van der Waals surface area contributed by atoms with Crippen molar-refractivity contribution in [2.75, 3.05) is 44.8 Å². The molecular formula is C27H33N5O6S2. The van der Waals surface area contributed by atoms with Crippen LogP contribution < -0.4 is 10.1 Å². The van der Waals surface area contributed by atoms with Gasteiger partial charge in [-0.15, -0.1) is 0 Å². The molecule has 3 heterocycles. The summed E-state index contributed by atoms with van der Waals surface area (Å²) in [6.07, 6.45) is 1.76. The number of hydrogen-bond donors (Lipinski definition) is 1. The monoisotopic (exact) mass is 587 g/mol. The van der Waals surface area contributed by atoms with Crippen molar-refractivity contribution in [3.8, 4) is 5.88 Å². The molecule has 0 radical (unpaired) electrons. The van der Waals surface area contributed by atoms with E-state index in [2.05, 4.69) is 39.2 Å². The highest BCUT2D eigenvalue weighted by Crippen LogP contribution is 2.33. The third kappa shape index (κ3) is 6.77. The van der Waals surface area contributed by atoms with E-state index < -0.39 is 15.7 Å². The minimum Gasteiger partial charge on any atom is -0.476 e.